The van der Waals surface area contributed by atoms with Gasteiger partial charge in [-0.05, 0) is 30.7 Å². The maximum absolute atomic E-state index is 13.5. The fourth-order valence-corrected chi connectivity index (χ4v) is 2.82. The molecule has 0 spiro atoms. The van der Waals surface area contributed by atoms with E-state index in [4.69, 9.17) is 0 Å². The summed E-state index contributed by atoms with van der Waals surface area (Å²) in [6, 6.07) is 5.32. The highest BCUT2D eigenvalue weighted by Crippen LogP contribution is 2.32. The first-order valence-electron chi connectivity index (χ1n) is 8.11. The van der Waals surface area contributed by atoms with Crippen LogP contribution < -0.4 is 21.5 Å². The molecule has 1 aromatic heterocycles. The molecular weight excluding hydrogens is 341 g/mol. The average Bonchev–Trinajstić information content (AvgIpc) is 2.57. The molecule has 0 unspecified atom stereocenters. The van der Waals surface area contributed by atoms with Gasteiger partial charge >= 0.3 is 0 Å². The van der Waals surface area contributed by atoms with E-state index in [-0.39, 0.29) is 30.3 Å². The van der Waals surface area contributed by atoms with Crippen molar-refractivity contribution in [3.8, 4) is 0 Å². The number of carbonyl (C=O) groups excluding carboxylic acids is 2. The number of nitrogens with zero attached hydrogens (tertiary/aromatic N) is 1. The maximum Gasteiger partial charge on any atom is 0.252 e. The molecule has 2 amide bonds. The van der Waals surface area contributed by atoms with Crippen molar-refractivity contribution in [2.45, 2.75) is 19.3 Å². The summed E-state index contributed by atoms with van der Waals surface area (Å²) in [7, 11) is 0. The standard InChI is InChI=1S/C17H18FN5O3/c1-9-6-14(24)23-17(21-9)20-5-4-19-16(26)12-8-15(25)22-13-3-2-10(18)7-11(12)13/h2-3,6-7,12H,4-5,8H2,1H3,(H,19,26)(H,22,25)(H2,20,21,23,24)/t12-/m1/s1. The van der Waals surface area contributed by atoms with E-state index in [1.54, 1.807) is 6.92 Å². The number of amides is 2. The Hall–Kier alpha value is -3.23. The van der Waals surface area contributed by atoms with Crippen LogP contribution in [0.3, 0.4) is 0 Å². The molecule has 1 aliphatic heterocycles. The van der Waals surface area contributed by atoms with Crippen molar-refractivity contribution in [2.24, 2.45) is 0 Å². The predicted molar refractivity (Wildman–Crippen MR) is 93.5 cm³/mol. The Bertz CT molecular complexity index is 912. The molecule has 0 fully saturated rings. The number of carbonyl (C=O) groups is 2. The summed E-state index contributed by atoms with van der Waals surface area (Å²) >= 11 is 0. The highest BCUT2D eigenvalue weighted by molar-refractivity contribution is 6.01. The Kier molecular flexibility index (Phi) is 4.97. The van der Waals surface area contributed by atoms with Crippen LogP contribution in [0.5, 0.6) is 0 Å². The summed E-state index contributed by atoms with van der Waals surface area (Å²) in [5, 5.41) is 8.24. The first-order valence-corrected chi connectivity index (χ1v) is 8.11. The molecule has 0 bridgehead atoms. The highest BCUT2D eigenvalue weighted by atomic mass is 19.1. The highest BCUT2D eigenvalue weighted by Gasteiger charge is 2.30. The van der Waals surface area contributed by atoms with Crippen molar-refractivity contribution >= 4 is 23.5 Å². The van der Waals surface area contributed by atoms with E-state index in [2.05, 4.69) is 25.9 Å². The average molecular weight is 359 g/mol. The molecule has 136 valence electrons. The Morgan fingerprint density at radius 2 is 2.12 bits per heavy atom. The van der Waals surface area contributed by atoms with Gasteiger partial charge in [0.1, 0.15) is 5.82 Å². The first-order chi connectivity index (χ1) is 12.4. The van der Waals surface area contributed by atoms with Crippen LogP contribution in [0.25, 0.3) is 0 Å². The van der Waals surface area contributed by atoms with Gasteiger partial charge in [-0.1, -0.05) is 0 Å². The normalized spacial score (nSPS) is 15.8. The van der Waals surface area contributed by atoms with Crippen molar-refractivity contribution in [2.75, 3.05) is 23.7 Å². The number of halogens is 1. The van der Waals surface area contributed by atoms with Crippen LogP contribution >= 0.6 is 0 Å². The van der Waals surface area contributed by atoms with Gasteiger partial charge in [0.2, 0.25) is 17.8 Å². The monoisotopic (exact) mass is 359 g/mol. The van der Waals surface area contributed by atoms with E-state index in [0.29, 0.717) is 29.4 Å². The molecule has 0 aliphatic carbocycles. The summed E-state index contributed by atoms with van der Waals surface area (Å²) in [6.07, 6.45) is -0.0392. The molecule has 9 heteroatoms. The van der Waals surface area contributed by atoms with Crippen LogP contribution in [0.1, 0.15) is 23.6 Å². The molecule has 0 saturated heterocycles. The molecule has 4 N–H and O–H groups in total. The minimum absolute atomic E-state index is 0.0392. The van der Waals surface area contributed by atoms with Crippen molar-refractivity contribution in [3.63, 3.8) is 0 Å². The largest absolute Gasteiger partial charge is 0.354 e. The van der Waals surface area contributed by atoms with Gasteiger partial charge in [-0.15, -0.1) is 0 Å². The maximum atomic E-state index is 13.5. The van der Waals surface area contributed by atoms with Crippen molar-refractivity contribution in [3.05, 3.63) is 51.7 Å². The van der Waals surface area contributed by atoms with E-state index in [1.807, 2.05) is 0 Å². The van der Waals surface area contributed by atoms with E-state index in [1.165, 1.54) is 24.3 Å². The van der Waals surface area contributed by atoms with Gasteiger partial charge in [-0.2, -0.15) is 0 Å². The van der Waals surface area contributed by atoms with Gasteiger partial charge in [-0.3, -0.25) is 19.4 Å². The number of H-pyrrole nitrogens is 1. The molecule has 1 aliphatic rings. The number of rotatable bonds is 5. The predicted octanol–water partition coefficient (Wildman–Crippen LogP) is 0.872. The summed E-state index contributed by atoms with van der Waals surface area (Å²) in [4.78, 5) is 42.2. The molecule has 1 atom stereocenters. The van der Waals surface area contributed by atoms with Crippen molar-refractivity contribution in [1.29, 1.82) is 0 Å². The number of aromatic amines is 1. The third kappa shape index (κ3) is 4.05. The lowest BCUT2D eigenvalue weighted by Crippen LogP contribution is -2.37. The molecular formula is C17H18FN5O3. The fourth-order valence-electron chi connectivity index (χ4n) is 2.82. The molecule has 26 heavy (non-hydrogen) atoms. The van der Waals surface area contributed by atoms with Gasteiger partial charge in [0.15, 0.2) is 0 Å². The number of nitrogens with one attached hydrogen (secondary N) is 4. The van der Waals surface area contributed by atoms with Gasteiger partial charge in [-0.25, -0.2) is 9.37 Å². The molecule has 0 radical (unpaired) electrons. The number of benzene rings is 1. The summed E-state index contributed by atoms with van der Waals surface area (Å²) in [5.41, 5.74) is 1.21. The first kappa shape index (κ1) is 17.6. The SMILES string of the molecule is Cc1cc(=O)[nH]c(NCCNC(=O)[C@@H]2CC(=O)Nc3ccc(F)cc32)n1. The lowest BCUT2D eigenvalue weighted by atomic mass is 9.89. The minimum Gasteiger partial charge on any atom is -0.354 e. The number of hydrogen-bond acceptors (Lipinski definition) is 5. The topological polar surface area (TPSA) is 116 Å². The number of fused-ring (bicyclic) bond motifs is 1. The number of aromatic nitrogens is 2. The van der Waals surface area contributed by atoms with Crippen LogP contribution in [0.15, 0.2) is 29.1 Å². The molecule has 1 aromatic carbocycles. The fraction of sp³-hybridized carbons (Fsp3) is 0.294. The third-order valence-corrected chi connectivity index (χ3v) is 3.96. The van der Waals surface area contributed by atoms with E-state index in [0.717, 1.165) is 0 Å². The summed E-state index contributed by atoms with van der Waals surface area (Å²) in [5.74, 6) is -1.54. The molecule has 3 rings (SSSR count). The van der Waals surface area contributed by atoms with E-state index in [9.17, 15) is 18.8 Å². The molecule has 2 aromatic rings. The molecule has 2 heterocycles. The van der Waals surface area contributed by atoms with Gasteiger partial charge < -0.3 is 16.0 Å². The van der Waals surface area contributed by atoms with Crippen LogP contribution in [0.2, 0.25) is 0 Å². The Labute approximate surface area is 148 Å². The Morgan fingerprint density at radius 1 is 1.31 bits per heavy atom. The third-order valence-electron chi connectivity index (χ3n) is 3.96. The Balaban J connectivity index is 1.59. The number of hydrogen-bond donors (Lipinski definition) is 4. The van der Waals surface area contributed by atoms with Crippen LogP contribution in [0, 0.1) is 12.7 Å². The number of aryl methyl sites for hydroxylation is 1. The molecule has 8 nitrogen and oxygen atoms in total. The lowest BCUT2D eigenvalue weighted by Gasteiger charge is -2.25. The van der Waals surface area contributed by atoms with Crippen molar-refractivity contribution in [1.82, 2.24) is 15.3 Å². The zero-order valence-electron chi connectivity index (χ0n) is 14.1. The Morgan fingerprint density at radius 3 is 2.88 bits per heavy atom. The van der Waals surface area contributed by atoms with Gasteiger partial charge in [0.05, 0.1) is 5.92 Å². The van der Waals surface area contributed by atoms with E-state index < -0.39 is 11.7 Å². The van der Waals surface area contributed by atoms with E-state index >= 15 is 0 Å². The molecule has 0 saturated carbocycles. The summed E-state index contributed by atoms with van der Waals surface area (Å²) in [6.45, 7) is 2.28. The van der Waals surface area contributed by atoms with Crippen molar-refractivity contribution < 1.29 is 14.0 Å². The minimum atomic E-state index is -0.744. The summed E-state index contributed by atoms with van der Waals surface area (Å²) < 4.78 is 13.5. The quantitative estimate of drug-likeness (QED) is 0.591. The smallest absolute Gasteiger partial charge is 0.252 e. The van der Waals surface area contributed by atoms with Gasteiger partial charge in [0.25, 0.3) is 5.56 Å². The zero-order valence-corrected chi connectivity index (χ0v) is 14.1. The second-order valence-corrected chi connectivity index (χ2v) is 5.99. The van der Waals surface area contributed by atoms with Crippen LogP contribution in [-0.2, 0) is 9.59 Å². The van der Waals surface area contributed by atoms with Gasteiger partial charge in [0, 0.05) is 37.0 Å². The van der Waals surface area contributed by atoms with Crippen LogP contribution in [0.4, 0.5) is 16.0 Å². The lowest BCUT2D eigenvalue weighted by molar-refractivity contribution is -0.126. The second kappa shape index (κ2) is 7.34. The van der Waals surface area contributed by atoms with Crippen LogP contribution in [-0.4, -0.2) is 34.9 Å². The zero-order chi connectivity index (χ0) is 18.7. The number of anilines is 2. The second-order valence-electron chi connectivity index (χ2n) is 5.99.